The highest BCUT2D eigenvalue weighted by Crippen LogP contribution is 2.24. The monoisotopic (exact) mass is 378 g/mol. The van der Waals surface area contributed by atoms with Crippen molar-refractivity contribution in [2.45, 2.75) is 25.7 Å². The number of carbonyl (C=O) groups is 1. The Balaban J connectivity index is 1.46. The zero-order valence-corrected chi connectivity index (χ0v) is 14.7. The van der Waals surface area contributed by atoms with Crippen molar-refractivity contribution in [2.75, 3.05) is 18.4 Å². The van der Waals surface area contributed by atoms with E-state index < -0.39 is 6.36 Å². The van der Waals surface area contributed by atoms with Crippen molar-refractivity contribution < 1.29 is 22.7 Å². The average molecular weight is 378 g/mol. The number of rotatable bonds is 5. The van der Waals surface area contributed by atoms with Gasteiger partial charge in [-0.05, 0) is 55.8 Å². The summed E-state index contributed by atoms with van der Waals surface area (Å²) in [5.41, 5.74) is 1.71. The van der Waals surface area contributed by atoms with Crippen molar-refractivity contribution in [1.29, 1.82) is 0 Å². The molecule has 0 aliphatic carbocycles. The minimum absolute atomic E-state index is 0.0241. The van der Waals surface area contributed by atoms with Crippen molar-refractivity contribution in [2.24, 2.45) is 5.92 Å². The molecule has 0 unspecified atom stereocenters. The summed E-state index contributed by atoms with van der Waals surface area (Å²) in [4.78, 5) is 14.5. The Morgan fingerprint density at radius 1 is 1.04 bits per heavy atom. The summed E-state index contributed by atoms with van der Waals surface area (Å²) < 4.78 is 40.5. The number of nitrogens with one attached hydrogen (secondary N) is 1. The van der Waals surface area contributed by atoms with Crippen molar-refractivity contribution in [3.63, 3.8) is 0 Å². The Labute approximate surface area is 155 Å². The quantitative estimate of drug-likeness (QED) is 0.837. The van der Waals surface area contributed by atoms with Gasteiger partial charge in [0.05, 0.1) is 0 Å². The van der Waals surface area contributed by atoms with E-state index in [1.54, 1.807) is 12.1 Å². The lowest BCUT2D eigenvalue weighted by Gasteiger charge is -2.31. The number of halogens is 3. The normalized spacial score (nSPS) is 16.1. The fraction of sp³-hybridized carbons (Fsp3) is 0.350. The van der Waals surface area contributed by atoms with Crippen LogP contribution >= 0.6 is 0 Å². The number of anilines is 1. The van der Waals surface area contributed by atoms with Gasteiger partial charge < -0.3 is 10.1 Å². The Bertz CT molecular complexity index is 740. The molecule has 2 aromatic carbocycles. The second-order valence-corrected chi connectivity index (χ2v) is 6.60. The van der Waals surface area contributed by atoms with Crippen molar-refractivity contribution in [1.82, 2.24) is 4.90 Å². The number of carbonyl (C=O) groups excluding carboxylic acids is 1. The van der Waals surface area contributed by atoms with Crippen LogP contribution in [-0.4, -0.2) is 30.3 Å². The number of amides is 1. The van der Waals surface area contributed by atoms with Gasteiger partial charge >= 0.3 is 6.36 Å². The number of benzene rings is 2. The van der Waals surface area contributed by atoms with E-state index in [0.717, 1.165) is 37.2 Å². The lowest BCUT2D eigenvalue weighted by atomic mass is 9.95. The summed E-state index contributed by atoms with van der Waals surface area (Å²) in [6, 6.07) is 15.3. The van der Waals surface area contributed by atoms with E-state index in [2.05, 4.69) is 15.0 Å². The third kappa shape index (κ3) is 5.99. The lowest BCUT2D eigenvalue weighted by Crippen LogP contribution is -2.37. The predicted octanol–water partition coefficient (Wildman–Crippen LogP) is 4.44. The predicted molar refractivity (Wildman–Crippen MR) is 96.2 cm³/mol. The maximum atomic E-state index is 12.3. The molecule has 3 rings (SSSR count). The molecule has 2 aromatic rings. The minimum atomic E-state index is -4.68. The van der Waals surface area contributed by atoms with E-state index in [9.17, 15) is 18.0 Å². The number of alkyl halides is 3. The van der Waals surface area contributed by atoms with Gasteiger partial charge in [-0.1, -0.05) is 30.3 Å². The standard InChI is InChI=1S/C20H21F3N2O2/c21-20(22,23)27-18-8-6-15(7-9-18)14-25-12-10-16(11-13-25)19(26)24-17-4-2-1-3-5-17/h1-9,16H,10-14H2,(H,24,26). The zero-order valence-electron chi connectivity index (χ0n) is 14.7. The number of hydrogen-bond acceptors (Lipinski definition) is 3. The first-order valence-corrected chi connectivity index (χ1v) is 8.82. The van der Waals surface area contributed by atoms with Gasteiger partial charge in [-0.25, -0.2) is 0 Å². The molecule has 7 heteroatoms. The van der Waals surface area contributed by atoms with E-state index in [1.165, 1.54) is 12.1 Å². The van der Waals surface area contributed by atoms with Crippen LogP contribution in [0, 0.1) is 5.92 Å². The molecule has 1 amide bonds. The number of para-hydroxylation sites is 1. The van der Waals surface area contributed by atoms with Gasteiger partial charge in [0.1, 0.15) is 5.75 Å². The Kier molecular flexibility index (Phi) is 6.01. The molecule has 1 heterocycles. The third-order valence-electron chi connectivity index (χ3n) is 4.56. The number of ether oxygens (including phenoxy) is 1. The number of nitrogens with zero attached hydrogens (tertiary/aromatic N) is 1. The highest BCUT2D eigenvalue weighted by atomic mass is 19.4. The molecule has 1 N–H and O–H groups in total. The second-order valence-electron chi connectivity index (χ2n) is 6.60. The molecule has 0 saturated carbocycles. The zero-order chi connectivity index (χ0) is 19.3. The summed E-state index contributed by atoms with van der Waals surface area (Å²) in [5, 5.41) is 2.94. The molecule has 1 fully saturated rings. The SMILES string of the molecule is O=C(Nc1ccccc1)C1CCN(Cc2ccc(OC(F)(F)F)cc2)CC1. The molecular formula is C20H21F3N2O2. The van der Waals surface area contributed by atoms with Gasteiger partial charge in [-0.2, -0.15) is 0 Å². The van der Waals surface area contributed by atoms with Crippen molar-refractivity contribution in [3.8, 4) is 5.75 Å². The third-order valence-corrected chi connectivity index (χ3v) is 4.56. The van der Waals surface area contributed by atoms with Gasteiger partial charge in [0.15, 0.2) is 0 Å². The fourth-order valence-electron chi connectivity index (χ4n) is 3.17. The van der Waals surface area contributed by atoms with Crippen LogP contribution in [0.4, 0.5) is 18.9 Å². The van der Waals surface area contributed by atoms with E-state index in [4.69, 9.17) is 0 Å². The first-order valence-electron chi connectivity index (χ1n) is 8.82. The Hall–Kier alpha value is -2.54. The molecule has 144 valence electrons. The first-order chi connectivity index (χ1) is 12.9. The molecule has 1 aliphatic heterocycles. The molecule has 1 aliphatic rings. The molecule has 1 saturated heterocycles. The summed E-state index contributed by atoms with van der Waals surface area (Å²) in [7, 11) is 0. The van der Waals surface area contributed by atoms with Gasteiger partial charge in [0.25, 0.3) is 0 Å². The van der Waals surface area contributed by atoms with E-state index in [-0.39, 0.29) is 17.6 Å². The minimum Gasteiger partial charge on any atom is -0.406 e. The van der Waals surface area contributed by atoms with E-state index in [0.29, 0.717) is 6.54 Å². The maximum absolute atomic E-state index is 12.3. The molecule has 4 nitrogen and oxygen atoms in total. The fourth-order valence-corrected chi connectivity index (χ4v) is 3.17. The van der Waals surface area contributed by atoms with Crippen LogP contribution in [0.5, 0.6) is 5.75 Å². The van der Waals surface area contributed by atoms with Crippen LogP contribution in [0.25, 0.3) is 0 Å². The summed E-state index contributed by atoms with van der Waals surface area (Å²) in [6.07, 6.45) is -3.16. The smallest absolute Gasteiger partial charge is 0.406 e. The topological polar surface area (TPSA) is 41.6 Å². The summed E-state index contributed by atoms with van der Waals surface area (Å²) >= 11 is 0. The van der Waals surface area contributed by atoms with Gasteiger partial charge in [0, 0.05) is 18.2 Å². The van der Waals surface area contributed by atoms with Crippen LogP contribution in [-0.2, 0) is 11.3 Å². The highest BCUT2D eigenvalue weighted by molar-refractivity contribution is 5.92. The van der Waals surface area contributed by atoms with Crippen LogP contribution in [0.15, 0.2) is 54.6 Å². The molecule has 0 bridgehead atoms. The summed E-state index contributed by atoms with van der Waals surface area (Å²) in [5.74, 6) is -0.207. The molecule has 0 radical (unpaired) electrons. The van der Waals surface area contributed by atoms with Crippen LogP contribution < -0.4 is 10.1 Å². The highest BCUT2D eigenvalue weighted by Gasteiger charge is 2.31. The van der Waals surface area contributed by atoms with Crippen LogP contribution in [0.2, 0.25) is 0 Å². The summed E-state index contributed by atoms with van der Waals surface area (Å²) in [6.45, 7) is 2.18. The van der Waals surface area contributed by atoms with E-state index in [1.807, 2.05) is 30.3 Å². The molecular weight excluding hydrogens is 357 g/mol. The van der Waals surface area contributed by atoms with Gasteiger partial charge in [0.2, 0.25) is 5.91 Å². The second kappa shape index (κ2) is 8.43. The first kappa shape index (κ1) is 19.2. The van der Waals surface area contributed by atoms with Gasteiger partial charge in [-0.3, -0.25) is 9.69 Å². The maximum Gasteiger partial charge on any atom is 0.573 e. The number of hydrogen-bond donors (Lipinski definition) is 1. The van der Waals surface area contributed by atoms with Crippen molar-refractivity contribution in [3.05, 3.63) is 60.2 Å². The Morgan fingerprint density at radius 2 is 1.67 bits per heavy atom. The van der Waals surface area contributed by atoms with Crippen molar-refractivity contribution >= 4 is 11.6 Å². The number of piperidine rings is 1. The Morgan fingerprint density at radius 3 is 2.26 bits per heavy atom. The lowest BCUT2D eigenvalue weighted by molar-refractivity contribution is -0.274. The molecule has 27 heavy (non-hydrogen) atoms. The molecule has 0 atom stereocenters. The van der Waals surface area contributed by atoms with Crippen LogP contribution in [0.3, 0.4) is 0 Å². The van der Waals surface area contributed by atoms with E-state index >= 15 is 0 Å². The molecule has 0 aromatic heterocycles. The largest absolute Gasteiger partial charge is 0.573 e. The number of likely N-dealkylation sites (tertiary alicyclic amines) is 1. The molecule has 0 spiro atoms. The van der Waals surface area contributed by atoms with Crippen LogP contribution in [0.1, 0.15) is 18.4 Å². The van der Waals surface area contributed by atoms with Gasteiger partial charge in [-0.15, -0.1) is 13.2 Å². The average Bonchev–Trinajstić information content (AvgIpc) is 2.63.